The molecule has 1 aliphatic carbocycles. The van der Waals surface area contributed by atoms with E-state index in [9.17, 15) is 24.6 Å². The summed E-state index contributed by atoms with van der Waals surface area (Å²) in [6, 6.07) is 0. The maximum Gasteiger partial charge on any atom is 0.334 e. The first-order chi connectivity index (χ1) is 12.8. The average Bonchev–Trinajstić information content (AvgIpc) is 2.94. The number of hydrogen-bond acceptors (Lipinski definition) is 7. The lowest BCUT2D eigenvalue weighted by molar-refractivity contribution is -0.162. The minimum atomic E-state index is -1.42. The van der Waals surface area contributed by atoms with E-state index in [1.165, 1.54) is 0 Å². The van der Waals surface area contributed by atoms with Crippen LogP contribution in [0.2, 0.25) is 0 Å². The number of carbonyl (C=O) groups is 3. The fourth-order valence-corrected chi connectivity index (χ4v) is 3.18. The van der Waals surface area contributed by atoms with E-state index in [2.05, 4.69) is 6.58 Å². The van der Waals surface area contributed by atoms with Crippen molar-refractivity contribution in [3.63, 3.8) is 0 Å². The number of fused-ring (bicyclic) bond motifs is 1. The van der Waals surface area contributed by atoms with Crippen LogP contribution in [-0.2, 0) is 23.9 Å². The Balaban J connectivity index is 2.50. The van der Waals surface area contributed by atoms with Crippen LogP contribution >= 0.6 is 0 Å². The molecule has 27 heavy (non-hydrogen) atoms. The van der Waals surface area contributed by atoms with Crippen LogP contribution in [0.5, 0.6) is 0 Å². The second-order valence-corrected chi connectivity index (χ2v) is 6.92. The van der Waals surface area contributed by atoms with Crippen LogP contribution in [0, 0.1) is 11.8 Å². The molecule has 0 bridgehead atoms. The highest BCUT2D eigenvalue weighted by Gasteiger charge is 2.48. The summed E-state index contributed by atoms with van der Waals surface area (Å²) < 4.78 is 10.9. The van der Waals surface area contributed by atoms with Gasteiger partial charge in [-0.05, 0) is 30.9 Å². The molecule has 0 radical (unpaired) electrons. The minimum absolute atomic E-state index is 0.0559. The summed E-state index contributed by atoms with van der Waals surface area (Å²) in [6.07, 6.45) is 1.57. The maximum atomic E-state index is 12.4. The molecule has 0 saturated carbocycles. The van der Waals surface area contributed by atoms with Gasteiger partial charge in [0.1, 0.15) is 24.6 Å². The topological polar surface area (TPSA) is 110 Å². The first-order valence-corrected chi connectivity index (χ1v) is 9.08. The lowest BCUT2D eigenvalue weighted by Crippen LogP contribution is -2.43. The number of hydrogen-bond donors (Lipinski definition) is 2. The van der Waals surface area contributed by atoms with Crippen molar-refractivity contribution < 1.29 is 34.1 Å². The van der Waals surface area contributed by atoms with Gasteiger partial charge in [-0.25, -0.2) is 4.79 Å². The van der Waals surface area contributed by atoms with Crippen molar-refractivity contribution in [1.82, 2.24) is 0 Å². The summed E-state index contributed by atoms with van der Waals surface area (Å²) in [5, 5.41) is 20.3. The average molecular weight is 378 g/mol. The van der Waals surface area contributed by atoms with Crippen molar-refractivity contribution in [2.45, 2.75) is 51.4 Å². The Kier molecular flexibility index (Phi) is 7.10. The number of rotatable bonds is 5. The van der Waals surface area contributed by atoms with Gasteiger partial charge in [0.25, 0.3) is 0 Å². The summed E-state index contributed by atoms with van der Waals surface area (Å²) >= 11 is 0. The largest absolute Gasteiger partial charge is 0.458 e. The van der Waals surface area contributed by atoms with Gasteiger partial charge in [-0.1, -0.05) is 26.5 Å². The van der Waals surface area contributed by atoms with E-state index in [1.807, 2.05) is 6.92 Å². The Morgan fingerprint density at radius 1 is 1.52 bits per heavy atom. The molecular weight excluding hydrogens is 352 g/mol. The molecule has 0 unspecified atom stereocenters. The molecule has 7 nitrogen and oxygen atoms in total. The first-order valence-electron chi connectivity index (χ1n) is 9.08. The number of carbonyl (C=O) groups excluding carboxylic acids is 3. The highest BCUT2D eigenvalue weighted by atomic mass is 16.6. The van der Waals surface area contributed by atoms with Crippen LogP contribution in [0.3, 0.4) is 0 Å². The second-order valence-electron chi connectivity index (χ2n) is 6.92. The van der Waals surface area contributed by atoms with Crippen molar-refractivity contribution in [2.75, 3.05) is 6.61 Å². The predicted octanol–water partition coefficient (Wildman–Crippen LogP) is 1.24. The van der Waals surface area contributed by atoms with Gasteiger partial charge in [-0.15, -0.1) is 0 Å². The minimum Gasteiger partial charge on any atom is -0.458 e. The maximum absolute atomic E-state index is 12.4. The number of esters is 2. The first kappa shape index (κ1) is 21.1. The van der Waals surface area contributed by atoms with E-state index < -0.39 is 42.1 Å². The van der Waals surface area contributed by atoms with Crippen LogP contribution < -0.4 is 0 Å². The third kappa shape index (κ3) is 4.54. The van der Waals surface area contributed by atoms with Crippen molar-refractivity contribution in [3.05, 3.63) is 35.5 Å². The number of ether oxygens (including phenoxy) is 2. The van der Waals surface area contributed by atoms with E-state index in [4.69, 9.17) is 9.47 Å². The van der Waals surface area contributed by atoms with Crippen molar-refractivity contribution in [3.8, 4) is 0 Å². The van der Waals surface area contributed by atoms with Crippen LogP contribution in [0.1, 0.15) is 33.1 Å². The number of allylic oxidation sites excluding steroid dienone is 1. The lowest BCUT2D eigenvalue weighted by Gasteiger charge is -2.31. The van der Waals surface area contributed by atoms with E-state index in [1.54, 1.807) is 19.1 Å². The smallest absolute Gasteiger partial charge is 0.334 e. The van der Waals surface area contributed by atoms with Gasteiger partial charge in [-0.2, -0.15) is 0 Å². The van der Waals surface area contributed by atoms with E-state index in [0.717, 1.165) is 0 Å². The Morgan fingerprint density at radius 2 is 2.22 bits per heavy atom. The fraction of sp³-hybridized carbons (Fsp3) is 0.550. The highest BCUT2D eigenvalue weighted by molar-refractivity contribution is 5.91. The van der Waals surface area contributed by atoms with Crippen molar-refractivity contribution in [1.29, 1.82) is 0 Å². The standard InChI is InChI=1S/C20H26O7/c1-4-11(2)19(24)27-18-16-12(3)20(25)26-15(16)8-13(9-21)6-5-7-14(10-22)17(18)23/h7-8,10-11,15-18,21,23H,3-6,9H2,1-2H3/b13-8-,14-7+/t11-,15-,16+,17+,18-/m1/s1. The molecule has 1 aliphatic heterocycles. The Morgan fingerprint density at radius 3 is 2.81 bits per heavy atom. The van der Waals surface area contributed by atoms with Gasteiger partial charge in [-0.3, -0.25) is 9.59 Å². The van der Waals surface area contributed by atoms with Gasteiger partial charge in [0.05, 0.1) is 18.4 Å². The van der Waals surface area contributed by atoms with Gasteiger partial charge >= 0.3 is 11.9 Å². The molecule has 0 aromatic carbocycles. The quantitative estimate of drug-likeness (QED) is 0.320. The van der Waals surface area contributed by atoms with Gasteiger partial charge in [0.2, 0.25) is 0 Å². The van der Waals surface area contributed by atoms with Crippen LogP contribution in [0.4, 0.5) is 0 Å². The summed E-state index contributed by atoms with van der Waals surface area (Å²) in [7, 11) is 0. The SMILES string of the molecule is C=C1C(=O)O[C@@H]2/C=C(\CO)CC/C=C(\C=O)[C@H](O)[C@H](OC(=O)[C@H](C)CC)[C@@H]12. The molecule has 0 aromatic rings. The zero-order valence-corrected chi connectivity index (χ0v) is 15.6. The zero-order chi connectivity index (χ0) is 20.1. The molecular formula is C20H26O7. The molecule has 7 heteroatoms. The molecule has 1 saturated heterocycles. The van der Waals surface area contributed by atoms with E-state index in [-0.39, 0.29) is 17.8 Å². The van der Waals surface area contributed by atoms with Crippen LogP contribution in [-0.4, -0.2) is 53.4 Å². The molecule has 0 spiro atoms. The molecule has 5 atom stereocenters. The normalized spacial score (nSPS) is 33.6. The molecule has 0 amide bonds. The number of aliphatic hydroxyl groups is 2. The number of aliphatic hydroxyl groups excluding tert-OH is 2. The monoisotopic (exact) mass is 378 g/mol. The predicted molar refractivity (Wildman–Crippen MR) is 96.4 cm³/mol. The third-order valence-electron chi connectivity index (χ3n) is 5.12. The number of aldehydes is 1. The summed E-state index contributed by atoms with van der Waals surface area (Å²) in [5.74, 6) is -2.47. The summed E-state index contributed by atoms with van der Waals surface area (Å²) in [4.78, 5) is 36.0. The Bertz CT molecular complexity index is 676. The molecule has 2 N–H and O–H groups in total. The zero-order valence-electron chi connectivity index (χ0n) is 15.6. The molecule has 0 aromatic heterocycles. The van der Waals surface area contributed by atoms with Gasteiger partial charge < -0.3 is 19.7 Å². The summed E-state index contributed by atoms with van der Waals surface area (Å²) in [6.45, 7) is 7.01. The van der Waals surface area contributed by atoms with E-state index >= 15 is 0 Å². The van der Waals surface area contributed by atoms with E-state index in [0.29, 0.717) is 31.1 Å². The molecule has 1 heterocycles. The molecule has 2 rings (SSSR count). The lowest BCUT2D eigenvalue weighted by atomic mass is 9.83. The summed E-state index contributed by atoms with van der Waals surface area (Å²) in [5.41, 5.74) is 0.736. The van der Waals surface area contributed by atoms with Crippen molar-refractivity contribution >= 4 is 18.2 Å². The molecule has 1 fully saturated rings. The Labute approximate surface area is 158 Å². The van der Waals surface area contributed by atoms with Gasteiger partial charge in [0, 0.05) is 11.1 Å². The van der Waals surface area contributed by atoms with Gasteiger partial charge in [0.15, 0.2) is 0 Å². The van der Waals surface area contributed by atoms with Crippen molar-refractivity contribution in [2.24, 2.45) is 11.8 Å². The molecule has 148 valence electrons. The Hall–Kier alpha value is -2.25. The molecule has 2 aliphatic rings. The van der Waals surface area contributed by atoms with Crippen LogP contribution in [0.25, 0.3) is 0 Å². The fourth-order valence-electron chi connectivity index (χ4n) is 3.18. The third-order valence-corrected chi connectivity index (χ3v) is 5.12. The highest BCUT2D eigenvalue weighted by Crippen LogP contribution is 2.36. The van der Waals surface area contributed by atoms with Crippen LogP contribution in [0.15, 0.2) is 35.5 Å². The second kappa shape index (κ2) is 9.10.